The minimum atomic E-state index is 0.315. The van der Waals surface area contributed by atoms with Crippen LogP contribution in [0, 0.1) is 0 Å². The number of ether oxygens (including phenoxy) is 2. The van der Waals surface area contributed by atoms with Crippen LogP contribution in [0.3, 0.4) is 0 Å². The molecule has 0 fully saturated rings. The third kappa shape index (κ3) is 8.48. The van der Waals surface area contributed by atoms with E-state index < -0.39 is 0 Å². The van der Waals surface area contributed by atoms with Gasteiger partial charge in [-0.1, -0.05) is 20.3 Å². The van der Waals surface area contributed by atoms with Crippen molar-refractivity contribution in [2.24, 2.45) is 5.73 Å². The molecule has 0 amide bonds. The van der Waals surface area contributed by atoms with Crippen LogP contribution >= 0.6 is 0 Å². The van der Waals surface area contributed by atoms with Crippen LogP contribution in [0.15, 0.2) is 0 Å². The molecular weight excluding hydrogens is 178 g/mol. The van der Waals surface area contributed by atoms with Gasteiger partial charge >= 0.3 is 0 Å². The average Bonchev–Trinajstić information content (AvgIpc) is 2.21. The van der Waals surface area contributed by atoms with E-state index in [4.69, 9.17) is 15.2 Å². The molecule has 14 heavy (non-hydrogen) atoms. The van der Waals surface area contributed by atoms with E-state index >= 15 is 0 Å². The summed E-state index contributed by atoms with van der Waals surface area (Å²) in [5.41, 5.74) is 5.46. The molecular formula is C11H25NO2. The van der Waals surface area contributed by atoms with E-state index in [1.54, 1.807) is 0 Å². The van der Waals surface area contributed by atoms with Gasteiger partial charge in [0.05, 0.1) is 19.3 Å². The number of rotatable bonds is 10. The smallest absolute Gasteiger partial charge is 0.0704 e. The predicted molar refractivity (Wildman–Crippen MR) is 59.4 cm³/mol. The van der Waals surface area contributed by atoms with Crippen molar-refractivity contribution in [3.05, 3.63) is 0 Å². The molecule has 86 valence electrons. The van der Waals surface area contributed by atoms with Crippen LogP contribution in [0.5, 0.6) is 0 Å². The maximum atomic E-state index is 5.61. The second-order valence-electron chi connectivity index (χ2n) is 3.44. The summed E-state index contributed by atoms with van der Waals surface area (Å²) in [5, 5.41) is 0. The van der Waals surface area contributed by atoms with E-state index in [-0.39, 0.29) is 0 Å². The summed E-state index contributed by atoms with van der Waals surface area (Å²) in [6.45, 7) is 7.25. The standard InChI is InChI=1S/C11H25NO2/c1-3-5-8-13-9-10-14-11(4-2)6-7-12/h11H,3-10,12H2,1-2H3. The van der Waals surface area contributed by atoms with Crippen molar-refractivity contribution in [2.45, 2.75) is 45.6 Å². The summed E-state index contributed by atoms with van der Waals surface area (Å²) in [6, 6.07) is 0. The molecule has 0 aromatic rings. The van der Waals surface area contributed by atoms with Gasteiger partial charge < -0.3 is 15.2 Å². The maximum absolute atomic E-state index is 5.61. The van der Waals surface area contributed by atoms with Gasteiger partial charge in [-0.15, -0.1) is 0 Å². The second kappa shape index (κ2) is 11.0. The molecule has 0 aliphatic carbocycles. The van der Waals surface area contributed by atoms with Crippen LogP contribution in [0.2, 0.25) is 0 Å². The first-order chi connectivity index (χ1) is 6.85. The van der Waals surface area contributed by atoms with Gasteiger partial charge in [-0.25, -0.2) is 0 Å². The maximum Gasteiger partial charge on any atom is 0.0704 e. The molecule has 0 rings (SSSR count). The highest BCUT2D eigenvalue weighted by Crippen LogP contribution is 2.01. The lowest BCUT2D eigenvalue weighted by molar-refractivity contribution is 0.000502. The molecule has 2 N–H and O–H groups in total. The first kappa shape index (κ1) is 13.9. The summed E-state index contributed by atoms with van der Waals surface area (Å²) in [4.78, 5) is 0. The number of hydrogen-bond acceptors (Lipinski definition) is 3. The van der Waals surface area contributed by atoms with Crippen molar-refractivity contribution >= 4 is 0 Å². The van der Waals surface area contributed by atoms with Gasteiger partial charge in [-0.05, 0) is 25.8 Å². The van der Waals surface area contributed by atoms with Crippen LogP contribution in [0.1, 0.15) is 39.5 Å². The highest BCUT2D eigenvalue weighted by molar-refractivity contribution is 4.55. The summed E-state index contributed by atoms with van der Waals surface area (Å²) in [6.07, 6.45) is 4.62. The molecule has 0 saturated carbocycles. The molecule has 0 bridgehead atoms. The Labute approximate surface area is 88.0 Å². The van der Waals surface area contributed by atoms with Gasteiger partial charge in [-0.3, -0.25) is 0 Å². The van der Waals surface area contributed by atoms with Crippen LogP contribution in [0.25, 0.3) is 0 Å². The summed E-state index contributed by atoms with van der Waals surface area (Å²) < 4.78 is 11.0. The lowest BCUT2D eigenvalue weighted by Gasteiger charge is -2.14. The van der Waals surface area contributed by atoms with Gasteiger partial charge in [-0.2, -0.15) is 0 Å². The zero-order valence-electron chi connectivity index (χ0n) is 9.63. The van der Waals surface area contributed by atoms with Gasteiger partial charge in [0.25, 0.3) is 0 Å². The lowest BCUT2D eigenvalue weighted by atomic mass is 10.2. The van der Waals surface area contributed by atoms with Crippen molar-refractivity contribution in [3.63, 3.8) is 0 Å². The Morgan fingerprint density at radius 2 is 1.93 bits per heavy atom. The van der Waals surface area contributed by atoms with Crippen LogP contribution < -0.4 is 5.73 Å². The number of hydrogen-bond donors (Lipinski definition) is 1. The van der Waals surface area contributed by atoms with Gasteiger partial charge in [0.15, 0.2) is 0 Å². The molecule has 0 aromatic heterocycles. The molecule has 0 aliphatic rings. The molecule has 0 heterocycles. The summed E-state index contributed by atoms with van der Waals surface area (Å²) in [5.74, 6) is 0. The number of unbranched alkanes of at least 4 members (excludes halogenated alkanes) is 1. The van der Waals surface area contributed by atoms with E-state index in [9.17, 15) is 0 Å². The van der Waals surface area contributed by atoms with Crippen molar-refractivity contribution < 1.29 is 9.47 Å². The Morgan fingerprint density at radius 3 is 2.50 bits per heavy atom. The highest BCUT2D eigenvalue weighted by atomic mass is 16.5. The first-order valence-corrected chi connectivity index (χ1v) is 5.74. The molecule has 0 radical (unpaired) electrons. The summed E-state index contributed by atoms with van der Waals surface area (Å²) >= 11 is 0. The average molecular weight is 203 g/mol. The Kier molecular flexibility index (Phi) is 10.9. The van der Waals surface area contributed by atoms with Gasteiger partial charge in [0.2, 0.25) is 0 Å². The normalized spacial score (nSPS) is 13.1. The van der Waals surface area contributed by atoms with Crippen LogP contribution in [-0.4, -0.2) is 32.5 Å². The Hall–Kier alpha value is -0.120. The third-order valence-corrected chi connectivity index (χ3v) is 2.17. The monoisotopic (exact) mass is 203 g/mol. The van der Waals surface area contributed by atoms with Crippen molar-refractivity contribution in [3.8, 4) is 0 Å². The topological polar surface area (TPSA) is 44.5 Å². The minimum absolute atomic E-state index is 0.315. The van der Waals surface area contributed by atoms with Crippen LogP contribution in [0.4, 0.5) is 0 Å². The Bertz CT molecular complexity index is 109. The van der Waals surface area contributed by atoms with Crippen molar-refractivity contribution in [1.29, 1.82) is 0 Å². The SMILES string of the molecule is CCCCOCCOC(CC)CCN. The van der Waals surface area contributed by atoms with Crippen LogP contribution in [-0.2, 0) is 9.47 Å². The van der Waals surface area contributed by atoms with E-state index in [0.29, 0.717) is 25.9 Å². The molecule has 1 atom stereocenters. The predicted octanol–water partition coefficient (Wildman–Crippen LogP) is 1.95. The number of nitrogens with two attached hydrogens (primary N) is 1. The fourth-order valence-electron chi connectivity index (χ4n) is 1.21. The second-order valence-corrected chi connectivity index (χ2v) is 3.44. The van der Waals surface area contributed by atoms with Crippen molar-refractivity contribution in [1.82, 2.24) is 0 Å². The highest BCUT2D eigenvalue weighted by Gasteiger charge is 2.03. The third-order valence-electron chi connectivity index (χ3n) is 2.17. The van der Waals surface area contributed by atoms with E-state index in [0.717, 1.165) is 25.9 Å². The Balaban J connectivity index is 3.15. The molecule has 3 heteroatoms. The fourth-order valence-corrected chi connectivity index (χ4v) is 1.21. The molecule has 0 aromatic carbocycles. The minimum Gasteiger partial charge on any atom is -0.379 e. The van der Waals surface area contributed by atoms with E-state index in [1.165, 1.54) is 6.42 Å². The lowest BCUT2D eigenvalue weighted by Crippen LogP contribution is -2.19. The fraction of sp³-hybridized carbons (Fsp3) is 1.00. The molecule has 0 aliphatic heterocycles. The van der Waals surface area contributed by atoms with Gasteiger partial charge in [0, 0.05) is 6.61 Å². The Morgan fingerprint density at radius 1 is 1.14 bits per heavy atom. The quantitative estimate of drug-likeness (QED) is 0.552. The largest absolute Gasteiger partial charge is 0.379 e. The molecule has 0 saturated heterocycles. The first-order valence-electron chi connectivity index (χ1n) is 5.74. The van der Waals surface area contributed by atoms with E-state index in [1.807, 2.05) is 0 Å². The summed E-state index contributed by atoms with van der Waals surface area (Å²) in [7, 11) is 0. The van der Waals surface area contributed by atoms with Crippen molar-refractivity contribution in [2.75, 3.05) is 26.4 Å². The van der Waals surface area contributed by atoms with Gasteiger partial charge in [0.1, 0.15) is 0 Å². The molecule has 0 spiro atoms. The zero-order chi connectivity index (χ0) is 10.6. The molecule has 3 nitrogen and oxygen atoms in total. The zero-order valence-corrected chi connectivity index (χ0v) is 9.63. The molecule has 1 unspecified atom stereocenters. The van der Waals surface area contributed by atoms with E-state index in [2.05, 4.69) is 13.8 Å².